The minimum Gasteiger partial charge on any atom is -0.380 e. The summed E-state index contributed by atoms with van der Waals surface area (Å²) in [6.45, 7) is 0.307. The summed E-state index contributed by atoms with van der Waals surface area (Å²) < 4.78 is 18.8. The predicted molar refractivity (Wildman–Crippen MR) is 89.6 cm³/mol. The molecule has 1 heterocycles. The molecule has 1 amide bonds. The van der Waals surface area contributed by atoms with Crippen LogP contribution in [-0.2, 0) is 11.3 Å². The Morgan fingerprint density at radius 1 is 1.21 bits per heavy atom. The van der Waals surface area contributed by atoms with Gasteiger partial charge in [0.05, 0.1) is 17.7 Å². The third-order valence-corrected chi connectivity index (χ3v) is 3.60. The third kappa shape index (κ3) is 3.18. The Kier molecular flexibility index (Phi) is 4.39. The van der Waals surface area contributed by atoms with Crippen molar-refractivity contribution in [2.24, 2.45) is 0 Å². The van der Waals surface area contributed by atoms with Gasteiger partial charge in [-0.15, -0.1) is 0 Å². The maximum absolute atomic E-state index is 13.7. The molecule has 3 rings (SSSR count). The Balaban J connectivity index is 1.95. The van der Waals surface area contributed by atoms with Crippen molar-refractivity contribution < 1.29 is 13.9 Å². The molecule has 2 aromatic carbocycles. The van der Waals surface area contributed by atoms with Gasteiger partial charge >= 0.3 is 0 Å². The van der Waals surface area contributed by atoms with Gasteiger partial charge in [-0.1, -0.05) is 18.2 Å². The lowest BCUT2D eigenvalue weighted by atomic mass is 10.1. The van der Waals surface area contributed by atoms with Crippen LogP contribution in [0.1, 0.15) is 15.9 Å². The molecule has 0 fully saturated rings. The summed E-state index contributed by atoms with van der Waals surface area (Å²) >= 11 is 0. The van der Waals surface area contributed by atoms with E-state index in [0.717, 1.165) is 10.9 Å². The minimum absolute atomic E-state index is 0.0424. The number of methoxy groups -OCH3 is 1. The van der Waals surface area contributed by atoms with Crippen molar-refractivity contribution in [1.29, 1.82) is 0 Å². The van der Waals surface area contributed by atoms with Gasteiger partial charge in [-0.2, -0.15) is 0 Å². The highest BCUT2D eigenvalue weighted by atomic mass is 19.1. The van der Waals surface area contributed by atoms with Gasteiger partial charge in [0.1, 0.15) is 5.82 Å². The van der Waals surface area contributed by atoms with Crippen molar-refractivity contribution in [3.8, 4) is 0 Å². The zero-order valence-corrected chi connectivity index (χ0v) is 12.9. The SMILES string of the molecule is COCc1cc(=O)[nH]c2cc(NC(=O)c3ccccc3F)ccc12. The van der Waals surface area contributed by atoms with Crippen molar-refractivity contribution in [1.82, 2.24) is 4.98 Å². The lowest BCUT2D eigenvalue weighted by Gasteiger charge is -2.09. The van der Waals surface area contributed by atoms with Gasteiger partial charge < -0.3 is 15.0 Å². The molecule has 0 bridgehead atoms. The van der Waals surface area contributed by atoms with E-state index in [4.69, 9.17) is 4.74 Å². The Labute approximate surface area is 137 Å². The van der Waals surface area contributed by atoms with Crippen LogP contribution in [0, 0.1) is 5.82 Å². The topological polar surface area (TPSA) is 71.2 Å². The molecule has 0 radical (unpaired) electrons. The average Bonchev–Trinajstić information content (AvgIpc) is 2.55. The van der Waals surface area contributed by atoms with E-state index in [1.807, 2.05) is 0 Å². The number of benzene rings is 2. The number of aromatic amines is 1. The van der Waals surface area contributed by atoms with Crippen LogP contribution < -0.4 is 10.9 Å². The van der Waals surface area contributed by atoms with Gasteiger partial charge in [-0.25, -0.2) is 4.39 Å². The number of halogens is 1. The van der Waals surface area contributed by atoms with Gasteiger partial charge in [0.2, 0.25) is 5.56 Å². The number of aromatic nitrogens is 1. The zero-order chi connectivity index (χ0) is 17.1. The summed E-state index contributed by atoms with van der Waals surface area (Å²) in [6, 6.07) is 12.3. The first kappa shape index (κ1) is 15.9. The monoisotopic (exact) mass is 326 g/mol. The Bertz CT molecular complexity index is 966. The highest BCUT2D eigenvalue weighted by Gasteiger charge is 2.12. The number of rotatable bonds is 4. The Morgan fingerprint density at radius 2 is 2.00 bits per heavy atom. The van der Waals surface area contributed by atoms with E-state index >= 15 is 0 Å². The Hall–Kier alpha value is -2.99. The molecule has 0 atom stereocenters. The first-order valence-corrected chi connectivity index (χ1v) is 7.29. The maximum Gasteiger partial charge on any atom is 0.258 e. The molecule has 0 saturated heterocycles. The number of amides is 1. The summed E-state index contributed by atoms with van der Waals surface area (Å²) in [6.07, 6.45) is 0. The van der Waals surface area contributed by atoms with Crippen molar-refractivity contribution in [3.05, 3.63) is 75.8 Å². The van der Waals surface area contributed by atoms with Crippen LogP contribution in [0.4, 0.5) is 10.1 Å². The quantitative estimate of drug-likeness (QED) is 0.774. The van der Waals surface area contributed by atoms with Crippen LogP contribution in [0.3, 0.4) is 0 Å². The van der Waals surface area contributed by atoms with E-state index in [2.05, 4.69) is 10.3 Å². The van der Waals surface area contributed by atoms with E-state index < -0.39 is 11.7 Å². The fourth-order valence-electron chi connectivity index (χ4n) is 2.53. The van der Waals surface area contributed by atoms with Crippen LogP contribution in [-0.4, -0.2) is 18.0 Å². The molecule has 0 saturated carbocycles. The number of fused-ring (bicyclic) bond motifs is 1. The van der Waals surface area contributed by atoms with Crippen LogP contribution >= 0.6 is 0 Å². The fraction of sp³-hybridized carbons (Fsp3) is 0.111. The number of pyridine rings is 1. The molecule has 6 heteroatoms. The maximum atomic E-state index is 13.7. The van der Waals surface area contributed by atoms with Gasteiger partial charge in [0, 0.05) is 24.2 Å². The summed E-state index contributed by atoms with van der Waals surface area (Å²) in [5, 5.41) is 3.45. The fourth-order valence-corrected chi connectivity index (χ4v) is 2.53. The smallest absolute Gasteiger partial charge is 0.258 e. The number of carbonyl (C=O) groups is 1. The largest absolute Gasteiger partial charge is 0.380 e. The molecule has 3 aromatic rings. The van der Waals surface area contributed by atoms with Crippen LogP contribution in [0.5, 0.6) is 0 Å². The molecular weight excluding hydrogens is 311 g/mol. The van der Waals surface area contributed by atoms with E-state index in [0.29, 0.717) is 17.8 Å². The van der Waals surface area contributed by atoms with Crippen molar-refractivity contribution in [2.45, 2.75) is 6.61 Å². The third-order valence-electron chi connectivity index (χ3n) is 3.60. The number of carbonyl (C=O) groups excluding carboxylic acids is 1. The standard InChI is InChI=1S/C18H15FN2O3/c1-24-10-11-8-17(22)21-16-9-12(6-7-13(11)16)20-18(23)14-4-2-3-5-15(14)19/h2-9H,10H2,1H3,(H,20,23)(H,21,22). The second-order valence-corrected chi connectivity index (χ2v) is 5.29. The number of nitrogens with one attached hydrogen (secondary N) is 2. The molecule has 5 nitrogen and oxygen atoms in total. The number of hydrogen-bond acceptors (Lipinski definition) is 3. The van der Waals surface area contributed by atoms with Crippen molar-refractivity contribution >= 4 is 22.5 Å². The number of H-pyrrole nitrogens is 1. The highest BCUT2D eigenvalue weighted by molar-refractivity contribution is 6.05. The highest BCUT2D eigenvalue weighted by Crippen LogP contribution is 2.21. The predicted octanol–water partition coefficient (Wildman–Crippen LogP) is 3.07. The van der Waals surface area contributed by atoms with Gasteiger partial charge in [0.15, 0.2) is 0 Å². The zero-order valence-electron chi connectivity index (χ0n) is 12.9. The summed E-state index contributed by atoms with van der Waals surface area (Å²) in [5.74, 6) is -1.14. The number of anilines is 1. The van der Waals surface area contributed by atoms with E-state index in [1.54, 1.807) is 31.4 Å². The van der Waals surface area contributed by atoms with Crippen molar-refractivity contribution in [3.63, 3.8) is 0 Å². The first-order chi connectivity index (χ1) is 11.6. The second kappa shape index (κ2) is 6.64. The molecule has 1 aromatic heterocycles. The van der Waals surface area contributed by atoms with Crippen molar-refractivity contribution in [2.75, 3.05) is 12.4 Å². The van der Waals surface area contributed by atoms with Gasteiger partial charge in [-0.3, -0.25) is 9.59 Å². The van der Waals surface area contributed by atoms with Crippen LogP contribution in [0.25, 0.3) is 10.9 Å². The molecule has 2 N–H and O–H groups in total. The molecule has 122 valence electrons. The molecule has 0 aliphatic carbocycles. The van der Waals surface area contributed by atoms with E-state index in [-0.39, 0.29) is 11.1 Å². The van der Waals surface area contributed by atoms with E-state index in [9.17, 15) is 14.0 Å². The van der Waals surface area contributed by atoms with E-state index in [1.165, 1.54) is 24.3 Å². The van der Waals surface area contributed by atoms with Crippen LogP contribution in [0.15, 0.2) is 53.3 Å². The molecule has 0 aliphatic heterocycles. The second-order valence-electron chi connectivity index (χ2n) is 5.29. The molecule has 0 aliphatic rings. The number of ether oxygens (including phenoxy) is 1. The normalized spacial score (nSPS) is 10.8. The summed E-state index contributed by atoms with van der Waals surface area (Å²) in [4.78, 5) is 26.6. The summed E-state index contributed by atoms with van der Waals surface area (Å²) in [7, 11) is 1.55. The molecule has 24 heavy (non-hydrogen) atoms. The summed E-state index contributed by atoms with van der Waals surface area (Å²) in [5.41, 5.74) is 1.48. The van der Waals surface area contributed by atoms with Gasteiger partial charge in [-0.05, 0) is 29.8 Å². The number of hydrogen-bond donors (Lipinski definition) is 2. The lowest BCUT2D eigenvalue weighted by molar-refractivity contribution is 0.102. The van der Waals surface area contributed by atoms with Crippen LogP contribution in [0.2, 0.25) is 0 Å². The first-order valence-electron chi connectivity index (χ1n) is 7.29. The minimum atomic E-state index is -0.591. The average molecular weight is 326 g/mol. The molecule has 0 spiro atoms. The molecule has 0 unspecified atom stereocenters. The van der Waals surface area contributed by atoms with Gasteiger partial charge in [0.25, 0.3) is 5.91 Å². The Morgan fingerprint density at radius 3 is 2.75 bits per heavy atom. The lowest BCUT2D eigenvalue weighted by Crippen LogP contribution is -2.14. The molecular formula is C18H15FN2O3.